The molecular weight excluding hydrogens is 210 g/mol. The topological polar surface area (TPSA) is 31.2 Å². The van der Waals surface area contributed by atoms with Crippen LogP contribution in [0.3, 0.4) is 0 Å². The predicted molar refractivity (Wildman–Crippen MR) is 72.0 cm³/mol. The first-order chi connectivity index (χ1) is 8.33. The molecule has 99 valence electrons. The molecule has 0 heterocycles. The summed E-state index contributed by atoms with van der Waals surface area (Å²) in [4.78, 5) is 11.6. The molecule has 0 unspecified atom stereocenters. The van der Waals surface area contributed by atoms with Gasteiger partial charge in [0.05, 0.1) is 0 Å². The molecule has 0 N–H and O–H groups in total. The Morgan fingerprint density at radius 3 is 2.59 bits per heavy atom. The minimum atomic E-state index is 0.145. The van der Waals surface area contributed by atoms with E-state index in [9.17, 15) is 4.79 Å². The second-order valence-electron chi connectivity index (χ2n) is 5.38. The molecule has 0 atom stereocenters. The SMILES string of the molecule is CCCCCC[N]C(=O)CCC1CCCCC1. The van der Waals surface area contributed by atoms with Gasteiger partial charge in [-0.25, -0.2) is 0 Å². The van der Waals surface area contributed by atoms with E-state index in [0.717, 1.165) is 25.3 Å². The first-order valence-electron chi connectivity index (χ1n) is 7.53. The van der Waals surface area contributed by atoms with Crippen LogP contribution >= 0.6 is 0 Å². The van der Waals surface area contributed by atoms with E-state index in [0.29, 0.717) is 6.42 Å². The van der Waals surface area contributed by atoms with Crippen molar-refractivity contribution in [1.82, 2.24) is 5.32 Å². The number of amides is 1. The highest BCUT2D eigenvalue weighted by Gasteiger charge is 2.14. The van der Waals surface area contributed by atoms with Gasteiger partial charge in [-0.1, -0.05) is 58.3 Å². The van der Waals surface area contributed by atoms with E-state index in [4.69, 9.17) is 0 Å². The lowest BCUT2D eigenvalue weighted by Gasteiger charge is -2.20. The minimum Gasteiger partial charge on any atom is -0.273 e. The average molecular weight is 238 g/mol. The van der Waals surface area contributed by atoms with Crippen LogP contribution in [0.5, 0.6) is 0 Å². The van der Waals surface area contributed by atoms with Crippen LogP contribution in [-0.4, -0.2) is 12.5 Å². The zero-order valence-corrected chi connectivity index (χ0v) is 11.4. The highest BCUT2D eigenvalue weighted by atomic mass is 16.1. The summed E-state index contributed by atoms with van der Waals surface area (Å²) in [5, 5.41) is 4.14. The molecule has 0 bridgehead atoms. The van der Waals surface area contributed by atoms with Gasteiger partial charge in [-0.05, 0) is 18.8 Å². The van der Waals surface area contributed by atoms with Crippen molar-refractivity contribution in [3.63, 3.8) is 0 Å². The van der Waals surface area contributed by atoms with Gasteiger partial charge in [-0.15, -0.1) is 0 Å². The maximum absolute atomic E-state index is 11.6. The monoisotopic (exact) mass is 238 g/mol. The van der Waals surface area contributed by atoms with Gasteiger partial charge in [0.2, 0.25) is 5.91 Å². The van der Waals surface area contributed by atoms with E-state index >= 15 is 0 Å². The average Bonchev–Trinajstić information content (AvgIpc) is 2.37. The lowest BCUT2D eigenvalue weighted by molar-refractivity contribution is -0.121. The largest absolute Gasteiger partial charge is 0.273 e. The van der Waals surface area contributed by atoms with Crippen LogP contribution in [0.15, 0.2) is 0 Å². The van der Waals surface area contributed by atoms with E-state index in [1.54, 1.807) is 0 Å². The van der Waals surface area contributed by atoms with E-state index in [-0.39, 0.29) is 5.91 Å². The van der Waals surface area contributed by atoms with Gasteiger partial charge < -0.3 is 0 Å². The summed E-state index contributed by atoms with van der Waals surface area (Å²) in [7, 11) is 0. The third-order valence-electron chi connectivity index (χ3n) is 3.79. The zero-order chi connectivity index (χ0) is 12.3. The molecule has 1 aliphatic carbocycles. The summed E-state index contributed by atoms with van der Waals surface area (Å²) in [5.41, 5.74) is 0. The second-order valence-corrected chi connectivity index (χ2v) is 5.38. The van der Waals surface area contributed by atoms with Crippen molar-refractivity contribution in [2.24, 2.45) is 5.92 Å². The molecule has 1 radical (unpaired) electrons. The smallest absolute Gasteiger partial charge is 0.241 e. The summed E-state index contributed by atoms with van der Waals surface area (Å²) in [5.74, 6) is 0.954. The van der Waals surface area contributed by atoms with Crippen molar-refractivity contribution in [3.8, 4) is 0 Å². The highest BCUT2D eigenvalue weighted by Crippen LogP contribution is 2.27. The summed E-state index contributed by atoms with van der Waals surface area (Å²) >= 11 is 0. The molecular formula is C15H28NO. The van der Waals surface area contributed by atoms with E-state index in [1.165, 1.54) is 51.4 Å². The normalized spacial score (nSPS) is 17.0. The van der Waals surface area contributed by atoms with Gasteiger partial charge >= 0.3 is 0 Å². The maximum atomic E-state index is 11.6. The van der Waals surface area contributed by atoms with Gasteiger partial charge in [-0.2, -0.15) is 0 Å². The van der Waals surface area contributed by atoms with Crippen LogP contribution < -0.4 is 5.32 Å². The van der Waals surface area contributed by atoms with Crippen molar-refractivity contribution in [2.45, 2.75) is 77.6 Å². The Kier molecular flexibility index (Phi) is 8.12. The fraction of sp³-hybridized carbons (Fsp3) is 0.933. The number of carbonyl (C=O) groups is 1. The molecule has 1 rings (SSSR count). The first kappa shape index (κ1) is 14.5. The fourth-order valence-electron chi connectivity index (χ4n) is 2.62. The molecule has 0 aromatic rings. The Hall–Kier alpha value is -0.530. The number of unbranched alkanes of at least 4 members (excludes halogenated alkanes) is 3. The molecule has 0 saturated heterocycles. The van der Waals surface area contributed by atoms with Crippen LogP contribution in [0.1, 0.15) is 77.6 Å². The summed E-state index contributed by atoms with van der Waals surface area (Å²) in [6.45, 7) is 2.95. The lowest BCUT2D eigenvalue weighted by atomic mass is 9.86. The maximum Gasteiger partial charge on any atom is 0.241 e. The van der Waals surface area contributed by atoms with Gasteiger partial charge in [0.1, 0.15) is 0 Å². The minimum absolute atomic E-state index is 0.145. The number of hydrogen-bond donors (Lipinski definition) is 0. The van der Waals surface area contributed by atoms with E-state index < -0.39 is 0 Å². The Morgan fingerprint density at radius 2 is 1.88 bits per heavy atom. The van der Waals surface area contributed by atoms with Crippen molar-refractivity contribution in [2.75, 3.05) is 6.54 Å². The molecule has 1 aliphatic rings. The zero-order valence-electron chi connectivity index (χ0n) is 11.4. The van der Waals surface area contributed by atoms with Crippen LogP contribution in [0.2, 0.25) is 0 Å². The standard InChI is InChI=1S/C15H28NO/c1-2-3-4-8-13-16-15(17)12-11-14-9-6-5-7-10-14/h14H,2-13H2,1H3. The van der Waals surface area contributed by atoms with Gasteiger partial charge in [0.25, 0.3) is 0 Å². The van der Waals surface area contributed by atoms with Crippen molar-refractivity contribution in [3.05, 3.63) is 0 Å². The molecule has 1 fully saturated rings. The molecule has 2 heteroatoms. The Labute approximate surface area is 107 Å². The first-order valence-corrected chi connectivity index (χ1v) is 7.53. The van der Waals surface area contributed by atoms with Gasteiger partial charge in [0, 0.05) is 13.0 Å². The molecule has 1 amide bonds. The lowest BCUT2D eigenvalue weighted by Crippen LogP contribution is -2.18. The van der Waals surface area contributed by atoms with Crippen molar-refractivity contribution < 1.29 is 4.79 Å². The summed E-state index contributed by atoms with van der Waals surface area (Å²) < 4.78 is 0. The van der Waals surface area contributed by atoms with Crippen molar-refractivity contribution >= 4 is 5.91 Å². The number of carbonyl (C=O) groups excluding carboxylic acids is 1. The Balaban J connectivity index is 1.93. The molecule has 0 aromatic carbocycles. The Bertz CT molecular complexity index is 197. The molecule has 17 heavy (non-hydrogen) atoms. The molecule has 0 aliphatic heterocycles. The second kappa shape index (κ2) is 9.49. The van der Waals surface area contributed by atoms with Gasteiger partial charge in [-0.3, -0.25) is 10.1 Å². The quantitative estimate of drug-likeness (QED) is 0.587. The third kappa shape index (κ3) is 7.40. The molecule has 0 spiro atoms. The Morgan fingerprint density at radius 1 is 1.12 bits per heavy atom. The molecule has 2 nitrogen and oxygen atoms in total. The van der Waals surface area contributed by atoms with Crippen LogP contribution in [-0.2, 0) is 4.79 Å². The molecule has 1 saturated carbocycles. The number of hydrogen-bond acceptors (Lipinski definition) is 1. The highest BCUT2D eigenvalue weighted by molar-refractivity contribution is 5.75. The van der Waals surface area contributed by atoms with E-state index in [1.807, 2.05) is 0 Å². The van der Waals surface area contributed by atoms with Crippen molar-refractivity contribution in [1.29, 1.82) is 0 Å². The third-order valence-corrected chi connectivity index (χ3v) is 3.79. The van der Waals surface area contributed by atoms with E-state index in [2.05, 4.69) is 12.2 Å². The predicted octanol–water partition coefficient (Wildman–Crippen LogP) is 4.06. The summed E-state index contributed by atoms with van der Waals surface area (Å²) in [6.07, 6.45) is 13.4. The number of rotatable bonds is 8. The number of nitrogens with zero attached hydrogens (tertiary/aromatic N) is 1. The van der Waals surface area contributed by atoms with Crippen LogP contribution in [0.4, 0.5) is 0 Å². The van der Waals surface area contributed by atoms with Crippen LogP contribution in [0.25, 0.3) is 0 Å². The van der Waals surface area contributed by atoms with Gasteiger partial charge in [0.15, 0.2) is 0 Å². The van der Waals surface area contributed by atoms with Crippen LogP contribution in [0, 0.1) is 5.92 Å². The summed E-state index contributed by atoms with van der Waals surface area (Å²) in [6, 6.07) is 0. The molecule has 0 aromatic heterocycles. The fourth-order valence-corrected chi connectivity index (χ4v) is 2.62.